The molecule has 2 aromatic rings. The summed E-state index contributed by atoms with van der Waals surface area (Å²) in [6.45, 7) is 0.0251. The lowest BCUT2D eigenvalue weighted by Crippen LogP contribution is -2.07. The monoisotopic (exact) mass is 267 g/mol. The number of nitrogens with two attached hydrogens (primary N) is 2. The Morgan fingerprint density at radius 3 is 2.45 bits per heavy atom. The molecule has 0 fully saturated rings. The first-order chi connectivity index (χ1) is 9.60. The van der Waals surface area contributed by atoms with Crippen molar-refractivity contribution in [1.29, 1.82) is 5.26 Å². The number of anilines is 2. The summed E-state index contributed by atoms with van der Waals surface area (Å²) >= 11 is 0. The fourth-order valence-corrected chi connectivity index (χ4v) is 1.78. The molecule has 0 bridgehead atoms. The fourth-order valence-electron chi connectivity index (χ4n) is 1.78. The maximum absolute atomic E-state index is 11.9. The molecule has 20 heavy (non-hydrogen) atoms. The van der Waals surface area contributed by atoms with Crippen LogP contribution in [0.2, 0.25) is 0 Å². The number of ether oxygens (including phenoxy) is 1. The highest BCUT2D eigenvalue weighted by molar-refractivity contribution is 5.91. The van der Waals surface area contributed by atoms with E-state index in [0.29, 0.717) is 22.5 Å². The summed E-state index contributed by atoms with van der Waals surface area (Å²) in [5, 5.41) is 8.95. The molecule has 0 unspecified atom stereocenters. The molecule has 0 radical (unpaired) electrons. The van der Waals surface area contributed by atoms with Crippen molar-refractivity contribution in [2.75, 3.05) is 11.5 Å². The average molecular weight is 267 g/mol. The van der Waals surface area contributed by atoms with Crippen LogP contribution in [0.5, 0.6) is 0 Å². The number of rotatable bonds is 3. The Balaban J connectivity index is 2.11. The smallest absolute Gasteiger partial charge is 0.338 e. The summed E-state index contributed by atoms with van der Waals surface area (Å²) in [5.74, 6) is -0.531. The standard InChI is InChI=1S/C15H13N3O2/c16-8-10-3-1-2-4-11(10)9-20-15(19)12-5-13(17)7-14(18)6-12/h1-7H,9,17-18H2. The lowest BCUT2D eigenvalue weighted by molar-refractivity contribution is 0.0472. The van der Waals surface area contributed by atoms with Crippen LogP contribution in [0.15, 0.2) is 42.5 Å². The highest BCUT2D eigenvalue weighted by Gasteiger charge is 2.10. The van der Waals surface area contributed by atoms with Gasteiger partial charge in [0, 0.05) is 16.9 Å². The second kappa shape index (κ2) is 5.76. The van der Waals surface area contributed by atoms with E-state index in [1.165, 1.54) is 12.1 Å². The van der Waals surface area contributed by atoms with Crippen molar-refractivity contribution in [3.63, 3.8) is 0 Å². The molecule has 0 amide bonds. The van der Waals surface area contributed by atoms with Crippen LogP contribution in [0.4, 0.5) is 11.4 Å². The van der Waals surface area contributed by atoms with Gasteiger partial charge in [-0.3, -0.25) is 0 Å². The summed E-state index contributed by atoms with van der Waals surface area (Å²) in [5.41, 5.74) is 13.5. The zero-order chi connectivity index (χ0) is 14.5. The molecule has 5 heteroatoms. The van der Waals surface area contributed by atoms with Crippen LogP contribution in [0.3, 0.4) is 0 Å². The van der Waals surface area contributed by atoms with Crippen molar-refractivity contribution in [2.24, 2.45) is 0 Å². The molecule has 0 heterocycles. The molecule has 4 N–H and O–H groups in total. The lowest BCUT2D eigenvalue weighted by Gasteiger charge is -2.07. The van der Waals surface area contributed by atoms with Crippen LogP contribution in [0.1, 0.15) is 21.5 Å². The van der Waals surface area contributed by atoms with Crippen LogP contribution in [-0.4, -0.2) is 5.97 Å². The minimum atomic E-state index is -0.531. The zero-order valence-corrected chi connectivity index (χ0v) is 10.7. The number of nitriles is 1. The highest BCUT2D eigenvalue weighted by atomic mass is 16.5. The van der Waals surface area contributed by atoms with Crippen molar-refractivity contribution in [2.45, 2.75) is 6.61 Å². The van der Waals surface area contributed by atoms with Crippen LogP contribution in [0.25, 0.3) is 0 Å². The molecule has 100 valence electrons. The Hall–Kier alpha value is -3.00. The summed E-state index contributed by atoms with van der Waals surface area (Å²) in [6, 6.07) is 13.5. The Morgan fingerprint density at radius 1 is 1.15 bits per heavy atom. The van der Waals surface area contributed by atoms with Crippen molar-refractivity contribution in [3.8, 4) is 6.07 Å². The van der Waals surface area contributed by atoms with E-state index in [9.17, 15) is 4.79 Å². The molecule has 0 aliphatic heterocycles. The van der Waals surface area contributed by atoms with Crippen LogP contribution in [-0.2, 0) is 11.3 Å². The Bertz CT molecular complexity index is 670. The molecule has 0 aliphatic carbocycles. The first-order valence-corrected chi connectivity index (χ1v) is 5.91. The van der Waals surface area contributed by atoms with Gasteiger partial charge in [-0.15, -0.1) is 0 Å². The van der Waals surface area contributed by atoms with E-state index in [1.807, 2.05) is 6.07 Å². The van der Waals surface area contributed by atoms with Gasteiger partial charge < -0.3 is 16.2 Å². The third-order valence-electron chi connectivity index (χ3n) is 2.71. The average Bonchev–Trinajstić information content (AvgIpc) is 2.44. The van der Waals surface area contributed by atoms with Gasteiger partial charge in [0.25, 0.3) is 0 Å². The number of nitrogen functional groups attached to an aromatic ring is 2. The molecule has 0 saturated carbocycles. The van der Waals surface area contributed by atoms with Gasteiger partial charge >= 0.3 is 5.97 Å². The first kappa shape index (κ1) is 13.4. The number of carbonyl (C=O) groups excluding carboxylic acids is 1. The third kappa shape index (κ3) is 3.06. The van der Waals surface area contributed by atoms with Gasteiger partial charge in [-0.2, -0.15) is 5.26 Å². The number of esters is 1. The van der Waals surface area contributed by atoms with Gasteiger partial charge in [-0.1, -0.05) is 18.2 Å². The quantitative estimate of drug-likeness (QED) is 0.654. The Morgan fingerprint density at radius 2 is 1.80 bits per heavy atom. The van der Waals surface area contributed by atoms with Gasteiger partial charge in [-0.05, 0) is 24.3 Å². The molecule has 2 aromatic carbocycles. The van der Waals surface area contributed by atoms with E-state index < -0.39 is 5.97 Å². The maximum Gasteiger partial charge on any atom is 0.338 e. The Kier molecular flexibility index (Phi) is 3.87. The number of nitrogens with zero attached hydrogens (tertiary/aromatic N) is 1. The molecular formula is C15H13N3O2. The van der Waals surface area contributed by atoms with E-state index in [4.69, 9.17) is 21.5 Å². The van der Waals surface area contributed by atoms with Crippen LogP contribution >= 0.6 is 0 Å². The minimum absolute atomic E-state index is 0.0251. The molecular weight excluding hydrogens is 254 g/mol. The minimum Gasteiger partial charge on any atom is -0.457 e. The van der Waals surface area contributed by atoms with Crippen molar-refractivity contribution >= 4 is 17.3 Å². The van der Waals surface area contributed by atoms with Gasteiger partial charge in [0.1, 0.15) is 6.61 Å². The predicted molar refractivity (Wildman–Crippen MR) is 75.5 cm³/mol. The second-order valence-corrected chi connectivity index (χ2v) is 4.23. The topological polar surface area (TPSA) is 102 Å². The maximum atomic E-state index is 11.9. The normalized spacial score (nSPS) is 9.75. The number of benzene rings is 2. The molecule has 0 spiro atoms. The van der Waals surface area contributed by atoms with Crippen LogP contribution in [0, 0.1) is 11.3 Å². The molecule has 2 rings (SSSR count). The van der Waals surface area contributed by atoms with E-state index >= 15 is 0 Å². The summed E-state index contributed by atoms with van der Waals surface area (Å²) < 4.78 is 5.17. The van der Waals surface area contributed by atoms with Crippen molar-refractivity contribution in [3.05, 3.63) is 59.2 Å². The largest absolute Gasteiger partial charge is 0.457 e. The zero-order valence-electron chi connectivity index (χ0n) is 10.7. The fraction of sp³-hybridized carbons (Fsp3) is 0.0667. The third-order valence-corrected chi connectivity index (χ3v) is 2.71. The number of carbonyl (C=O) groups is 1. The van der Waals surface area contributed by atoms with Gasteiger partial charge in [-0.25, -0.2) is 4.79 Å². The molecule has 0 atom stereocenters. The van der Waals surface area contributed by atoms with E-state index in [1.54, 1.807) is 30.3 Å². The van der Waals surface area contributed by atoms with E-state index in [0.717, 1.165) is 0 Å². The van der Waals surface area contributed by atoms with E-state index in [-0.39, 0.29) is 12.2 Å². The van der Waals surface area contributed by atoms with Gasteiger partial charge in [0.05, 0.1) is 17.2 Å². The Labute approximate surface area is 116 Å². The highest BCUT2D eigenvalue weighted by Crippen LogP contribution is 2.16. The molecule has 5 nitrogen and oxygen atoms in total. The lowest BCUT2D eigenvalue weighted by atomic mass is 10.1. The van der Waals surface area contributed by atoms with E-state index in [2.05, 4.69) is 0 Å². The second-order valence-electron chi connectivity index (χ2n) is 4.23. The first-order valence-electron chi connectivity index (χ1n) is 5.91. The van der Waals surface area contributed by atoms with Crippen LogP contribution < -0.4 is 11.5 Å². The van der Waals surface area contributed by atoms with Crippen molar-refractivity contribution in [1.82, 2.24) is 0 Å². The molecule has 0 aliphatic rings. The molecule has 0 aromatic heterocycles. The van der Waals surface area contributed by atoms with Crippen molar-refractivity contribution < 1.29 is 9.53 Å². The molecule has 0 saturated heterocycles. The number of hydrogen-bond donors (Lipinski definition) is 2. The summed E-state index contributed by atoms with van der Waals surface area (Å²) in [4.78, 5) is 11.9. The number of hydrogen-bond acceptors (Lipinski definition) is 5. The van der Waals surface area contributed by atoms with Gasteiger partial charge in [0.2, 0.25) is 0 Å². The predicted octanol–water partition coefficient (Wildman–Crippen LogP) is 2.08. The summed E-state index contributed by atoms with van der Waals surface area (Å²) in [6.07, 6.45) is 0. The van der Waals surface area contributed by atoms with Gasteiger partial charge in [0.15, 0.2) is 0 Å². The SMILES string of the molecule is N#Cc1ccccc1COC(=O)c1cc(N)cc(N)c1. The summed E-state index contributed by atoms with van der Waals surface area (Å²) in [7, 11) is 0.